The van der Waals surface area contributed by atoms with Gasteiger partial charge in [-0.3, -0.25) is 10.2 Å². The molecule has 0 aliphatic carbocycles. The van der Waals surface area contributed by atoms with Crippen LogP contribution in [-0.4, -0.2) is 12.5 Å². The Bertz CT molecular complexity index is 374. The number of hydrogen-bond donors (Lipinski definition) is 2. The Labute approximate surface area is 97.5 Å². The Morgan fingerprint density at radius 2 is 2.31 bits per heavy atom. The van der Waals surface area contributed by atoms with E-state index in [1.165, 1.54) is 18.2 Å². The van der Waals surface area contributed by atoms with Crippen molar-refractivity contribution >= 4 is 17.5 Å². The molecule has 1 aromatic rings. The first-order valence-electron chi connectivity index (χ1n) is 4.71. The molecular weight excluding hydrogens is 235 g/mol. The van der Waals surface area contributed by atoms with Crippen molar-refractivity contribution in [1.29, 1.82) is 0 Å². The van der Waals surface area contributed by atoms with Gasteiger partial charge in [-0.05, 0) is 18.6 Å². The molecule has 6 heteroatoms. The lowest BCUT2D eigenvalue weighted by molar-refractivity contribution is -0.121. The van der Waals surface area contributed by atoms with E-state index in [4.69, 9.17) is 22.2 Å². The van der Waals surface area contributed by atoms with Crippen LogP contribution in [0.5, 0.6) is 5.75 Å². The first-order valence-corrected chi connectivity index (χ1v) is 5.08. The van der Waals surface area contributed by atoms with E-state index in [-0.39, 0.29) is 17.4 Å². The predicted molar refractivity (Wildman–Crippen MR) is 58.5 cm³/mol. The second-order valence-corrected chi connectivity index (χ2v) is 3.50. The summed E-state index contributed by atoms with van der Waals surface area (Å²) >= 11 is 5.56. The third-order valence-electron chi connectivity index (χ3n) is 1.87. The van der Waals surface area contributed by atoms with Gasteiger partial charge in [0.2, 0.25) is 5.91 Å². The van der Waals surface area contributed by atoms with Crippen molar-refractivity contribution in [3.63, 3.8) is 0 Å². The van der Waals surface area contributed by atoms with Crippen molar-refractivity contribution in [2.24, 2.45) is 5.84 Å². The average Bonchev–Trinajstić information content (AvgIpc) is 2.28. The molecule has 0 radical (unpaired) electrons. The van der Waals surface area contributed by atoms with Crippen LogP contribution in [0.25, 0.3) is 0 Å². The second kappa shape index (κ2) is 6.30. The molecule has 0 unspecified atom stereocenters. The van der Waals surface area contributed by atoms with Crippen LogP contribution in [0.2, 0.25) is 5.02 Å². The summed E-state index contributed by atoms with van der Waals surface area (Å²) in [6.45, 7) is 0.343. The molecule has 0 aliphatic rings. The number of amides is 1. The van der Waals surface area contributed by atoms with Crippen LogP contribution in [0.1, 0.15) is 12.8 Å². The van der Waals surface area contributed by atoms with Gasteiger partial charge in [0.1, 0.15) is 11.6 Å². The zero-order valence-electron chi connectivity index (χ0n) is 8.50. The van der Waals surface area contributed by atoms with Gasteiger partial charge >= 0.3 is 0 Å². The van der Waals surface area contributed by atoms with Gasteiger partial charge < -0.3 is 4.74 Å². The molecule has 4 nitrogen and oxygen atoms in total. The molecule has 0 saturated heterocycles. The number of carbonyl (C=O) groups excluding carboxylic acids is 1. The first kappa shape index (κ1) is 12.7. The lowest BCUT2D eigenvalue weighted by Crippen LogP contribution is -2.29. The largest absolute Gasteiger partial charge is 0.494 e. The molecule has 0 bridgehead atoms. The Morgan fingerprint density at radius 3 is 2.94 bits per heavy atom. The van der Waals surface area contributed by atoms with Crippen LogP contribution in [0.15, 0.2) is 18.2 Å². The normalized spacial score (nSPS) is 9.94. The maximum absolute atomic E-state index is 12.8. The van der Waals surface area contributed by atoms with Crippen molar-refractivity contribution < 1.29 is 13.9 Å². The first-order chi connectivity index (χ1) is 7.63. The maximum Gasteiger partial charge on any atom is 0.234 e. The van der Waals surface area contributed by atoms with Crippen molar-refractivity contribution in [1.82, 2.24) is 5.43 Å². The molecule has 0 aliphatic heterocycles. The molecule has 0 spiro atoms. The Morgan fingerprint density at radius 1 is 1.56 bits per heavy atom. The van der Waals surface area contributed by atoms with Crippen LogP contribution in [0.3, 0.4) is 0 Å². The summed E-state index contributed by atoms with van der Waals surface area (Å²) in [5.41, 5.74) is 2.02. The molecule has 0 fully saturated rings. The fourth-order valence-electron chi connectivity index (χ4n) is 1.06. The fraction of sp³-hybridized carbons (Fsp3) is 0.300. The van der Waals surface area contributed by atoms with E-state index in [1.54, 1.807) is 0 Å². The monoisotopic (exact) mass is 246 g/mol. The van der Waals surface area contributed by atoms with Crippen molar-refractivity contribution in [2.45, 2.75) is 12.8 Å². The minimum Gasteiger partial charge on any atom is -0.494 e. The highest BCUT2D eigenvalue weighted by atomic mass is 35.5. The maximum atomic E-state index is 12.8. The van der Waals surface area contributed by atoms with E-state index in [0.29, 0.717) is 18.8 Å². The van der Waals surface area contributed by atoms with Crippen molar-refractivity contribution in [3.8, 4) is 5.75 Å². The number of carbonyl (C=O) groups is 1. The van der Waals surface area contributed by atoms with Crippen molar-refractivity contribution in [2.75, 3.05) is 6.61 Å². The van der Waals surface area contributed by atoms with Gasteiger partial charge in [0.15, 0.2) is 0 Å². The average molecular weight is 247 g/mol. The third kappa shape index (κ3) is 4.04. The number of nitrogens with one attached hydrogen (secondary N) is 1. The summed E-state index contributed by atoms with van der Waals surface area (Å²) in [4.78, 5) is 10.8. The van der Waals surface area contributed by atoms with Crippen LogP contribution in [0.4, 0.5) is 4.39 Å². The van der Waals surface area contributed by atoms with Gasteiger partial charge in [0.05, 0.1) is 11.6 Å². The number of halogens is 2. The molecule has 1 rings (SSSR count). The van der Waals surface area contributed by atoms with Gasteiger partial charge in [-0.1, -0.05) is 11.6 Å². The minimum atomic E-state index is -0.489. The Kier molecular flexibility index (Phi) is 5.01. The van der Waals surface area contributed by atoms with Gasteiger partial charge in [-0.15, -0.1) is 0 Å². The second-order valence-electron chi connectivity index (χ2n) is 3.10. The van der Waals surface area contributed by atoms with Gasteiger partial charge in [0, 0.05) is 12.5 Å². The van der Waals surface area contributed by atoms with E-state index in [9.17, 15) is 9.18 Å². The summed E-state index contributed by atoms with van der Waals surface area (Å²) in [5.74, 6) is 4.64. The summed E-state index contributed by atoms with van der Waals surface area (Å²) in [6.07, 6.45) is 0.809. The zero-order valence-corrected chi connectivity index (χ0v) is 9.26. The molecule has 16 heavy (non-hydrogen) atoms. The van der Waals surface area contributed by atoms with Crippen LogP contribution >= 0.6 is 11.6 Å². The molecular formula is C10H12ClFN2O2. The van der Waals surface area contributed by atoms with Gasteiger partial charge in [-0.2, -0.15) is 0 Å². The molecule has 0 saturated carbocycles. The zero-order chi connectivity index (χ0) is 12.0. The Balaban J connectivity index is 2.32. The number of ether oxygens (including phenoxy) is 1. The van der Waals surface area contributed by atoms with E-state index in [2.05, 4.69) is 0 Å². The number of hydrazine groups is 1. The fourth-order valence-corrected chi connectivity index (χ4v) is 1.23. The van der Waals surface area contributed by atoms with E-state index >= 15 is 0 Å². The molecule has 1 aromatic carbocycles. The molecule has 0 aromatic heterocycles. The highest BCUT2D eigenvalue weighted by Gasteiger charge is 2.02. The smallest absolute Gasteiger partial charge is 0.234 e. The quantitative estimate of drug-likeness (QED) is 0.359. The number of nitrogens with two attached hydrogens (primary N) is 1. The number of rotatable bonds is 5. The number of benzene rings is 1. The molecule has 3 N–H and O–H groups in total. The summed E-state index contributed by atoms with van der Waals surface area (Å²) in [6, 6.07) is 4.09. The third-order valence-corrected chi connectivity index (χ3v) is 2.16. The standard InChI is InChI=1S/C10H12ClFN2O2/c11-8-6-7(3-4-9(8)12)16-5-1-2-10(15)14-13/h3-4,6H,1-2,5,13H2,(H,14,15). The molecule has 0 heterocycles. The predicted octanol–water partition coefficient (Wildman–Crippen LogP) is 1.63. The van der Waals surface area contributed by atoms with Crippen LogP contribution in [0, 0.1) is 5.82 Å². The van der Waals surface area contributed by atoms with Crippen LogP contribution < -0.4 is 16.0 Å². The van der Waals surface area contributed by atoms with E-state index in [0.717, 1.165) is 0 Å². The molecule has 1 amide bonds. The number of hydrogen-bond acceptors (Lipinski definition) is 3. The molecule has 0 atom stereocenters. The van der Waals surface area contributed by atoms with Gasteiger partial charge in [0.25, 0.3) is 0 Å². The highest BCUT2D eigenvalue weighted by molar-refractivity contribution is 6.30. The summed E-state index contributed by atoms with van der Waals surface area (Å²) in [7, 11) is 0. The van der Waals surface area contributed by atoms with E-state index in [1.807, 2.05) is 5.43 Å². The minimum absolute atomic E-state index is 0.0113. The summed E-state index contributed by atoms with van der Waals surface area (Å²) < 4.78 is 18.0. The highest BCUT2D eigenvalue weighted by Crippen LogP contribution is 2.21. The lowest BCUT2D eigenvalue weighted by Gasteiger charge is -2.06. The van der Waals surface area contributed by atoms with Crippen molar-refractivity contribution in [3.05, 3.63) is 29.0 Å². The van der Waals surface area contributed by atoms with Gasteiger partial charge in [-0.25, -0.2) is 10.2 Å². The topological polar surface area (TPSA) is 64.3 Å². The molecule has 88 valence electrons. The lowest BCUT2D eigenvalue weighted by atomic mass is 10.3. The summed E-state index contributed by atoms with van der Waals surface area (Å²) in [5, 5.41) is 0.0113. The SMILES string of the molecule is NNC(=O)CCCOc1ccc(F)c(Cl)c1. The Hall–Kier alpha value is -1.33. The van der Waals surface area contributed by atoms with E-state index < -0.39 is 5.82 Å². The van der Waals surface area contributed by atoms with Crippen LogP contribution in [-0.2, 0) is 4.79 Å².